The van der Waals surface area contributed by atoms with Crippen molar-refractivity contribution < 1.29 is 31.1 Å². The van der Waals surface area contributed by atoms with Crippen LogP contribution in [0, 0.1) is 5.92 Å². The number of rotatable bonds is 2. The highest BCUT2D eigenvalue weighted by Gasteiger charge is 2.38. The molecular formula is C20H18F6N2O. The first kappa shape index (κ1) is 21.1. The maximum Gasteiger partial charge on any atom is 0.417 e. The van der Waals surface area contributed by atoms with Gasteiger partial charge in [-0.2, -0.15) is 26.3 Å². The van der Waals surface area contributed by atoms with Crippen LogP contribution in [-0.2, 0) is 12.4 Å². The molecule has 1 aromatic heterocycles. The number of halogens is 6. The van der Waals surface area contributed by atoms with Gasteiger partial charge in [-0.15, -0.1) is 0 Å². The van der Waals surface area contributed by atoms with Crippen molar-refractivity contribution in [3.63, 3.8) is 0 Å². The van der Waals surface area contributed by atoms with E-state index in [1.807, 2.05) is 0 Å². The fourth-order valence-electron chi connectivity index (χ4n) is 3.26. The number of pyridine rings is 1. The largest absolute Gasteiger partial charge is 0.417 e. The van der Waals surface area contributed by atoms with Gasteiger partial charge >= 0.3 is 12.4 Å². The number of aromatic nitrogens is 1. The minimum Gasteiger partial charge on any atom is -0.337 e. The van der Waals surface area contributed by atoms with Gasteiger partial charge in [0, 0.05) is 18.7 Å². The standard InChI is InChI=1S/C20H18F6N2O/c1-12-7-9-28(10-8-12)18(29)17-4-2-3-16(27-17)14-6-5-13(19(21,22)23)11-15(14)20(24,25)26/h2-6,11-12H,7-10H2,1H3. The summed E-state index contributed by atoms with van der Waals surface area (Å²) in [6, 6.07) is 5.39. The third-order valence-electron chi connectivity index (χ3n) is 4.97. The third kappa shape index (κ3) is 4.71. The highest BCUT2D eigenvalue weighted by Crippen LogP contribution is 2.40. The first-order valence-electron chi connectivity index (χ1n) is 9.02. The smallest absolute Gasteiger partial charge is 0.337 e. The van der Waals surface area contributed by atoms with Crippen molar-refractivity contribution in [1.82, 2.24) is 9.88 Å². The van der Waals surface area contributed by atoms with Crippen LogP contribution in [0.2, 0.25) is 0 Å². The van der Waals surface area contributed by atoms with Gasteiger partial charge in [0.05, 0.1) is 16.8 Å². The Morgan fingerprint density at radius 1 is 1.00 bits per heavy atom. The van der Waals surface area contributed by atoms with Gasteiger partial charge < -0.3 is 4.90 Å². The number of piperidine rings is 1. The number of benzene rings is 1. The van der Waals surface area contributed by atoms with Gasteiger partial charge in [0.15, 0.2) is 0 Å². The Bertz CT molecular complexity index is 899. The zero-order valence-corrected chi connectivity index (χ0v) is 15.4. The number of amides is 1. The van der Waals surface area contributed by atoms with Gasteiger partial charge in [0.2, 0.25) is 0 Å². The molecule has 0 atom stereocenters. The number of nitrogens with zero attached hydrogens (tertiary/aromatic N) is 2. The lowest BCUT2D eigenvalue weighted by Gasteiger charge is -2.30. The van der Waals surface area contributed by atoms with Crippen molar-refractivity contribution in [2.75, 3.05) is 13.1 Å². The molecule has 156 valence electrons. The first-order valence-corrected chi connectivity index (χ1v) is 9.02. The maximum absolute atomic E-state index is 13.4. The van der Waals surface area contributed by atoms with E-state index >= 15 is 0 Å². The van der Waals surface area contributed by atoms with Crippen molar-refractivity contribution in [3.05, 3.63) is 53.2 Å². The van der Waals surface area contributed by atoms with Gasteiger partial charge in [-0.1, -0.05) is 19.1 Å². The fraction of sp³-hybridized carbons (Fsp3) is 0.400. The number of hydrogen-bond donors (Lipinski definition) is 0. The van der Waals surface area contributed by atoms with E-state index in [-0.39, 0.29) is 17.5 Å². The summed E-state index contributed by atoms with van der Waals surface area (Å²) in [6.07, 6.45) is -8.28. The number of carbonyl (C=O) groups is 1. The molecule has 0 unspecified atom stereocenters. The molecule has 1 amide bonds. The minimum absolute atomic E-state index is 0.0370. The Kier molecular flexibility index (Phi) is 5.60. The highest BCUT2D eigenvalue weighted by molar-refractivity contribution is 5.93. The van der Waals surface area contributed by atoms with E-state index in [2.05, 4.69) is 11.9 Å². The van der Waals surface area contributed by atoms with Crippen molar-refractivity contribution in [1.29, 1.82) is 0 Å². The SMILES string of the molecule is CC1CCN(C(=O)c2cccc(-c3ccc(C(F)(F)F)cc3C(F)(F)F)n2)CC1. The molecule has 9 heteroatoms. The molecule has 0 spiro atoms. The fourth-order valence-corrected chi connectivity index (χ4v) is 3.26. The van der Waals surface area contributed by atoms with Crippen LogP contribution < -0.4 is 0 Å². The summed E-state index contributed by atoms with van der Waals surface area (Å²) in [5.41, 5.74) is -3.60. The second-order valence-corrected chi connectivity index (χ2v) is 7.14. The third-order valence-corrected chi connectivity index (χ3v) is 4.97. The molecule has 3 rings (SSSR count). The van der Waals surface area contributed by atoms with Gasteiger partial charge in [-0.05, 0) is 43.0 Å². The van der Waals surface area contributed by atoms with Crippen molar-refractivity contribution in [3.8, 4) is 11.3 Å². The van der Waals surface area contributed by atoms with Crippen LogP contribution in [0.4, 0.5) is 26.3 Å². The molecule has 0 saturated carbocycles. The van der Waals surface area contributed by atoms with Gasteiger partial charge in [-0.25, -0.2) is 4.98 Å². The Hall–Kier alpha value is -2.58. The Labute approximate surface area is 163 Å². The first-order chi connectivity index (χ1) is 13.5. The van der Waals surface area contributed by atoms with Gasteiger partial charge in [0.1, 0.15) is 5.69 Å². The van der Waals surface area contributed by atoms with E-state index in [1.54, 1.807) is 4.90 Å². The molecule has 29 heavy (non-hydrogen) atoms. The molecule has 1 fully saturated rings. The average molecular weight is 416 g/mol. The molecule has 0 radical (unpaired) electrons. The van der Waals surface area contributed by atoms with E-state index in [9.17, 15) is 31.1 Å². The minimum atomic E-state index is -5.01. The summed E-state index contributed by atoms with van der Waals surface area (Å²) >= 11 is 0. The summed E-state index contributed by atoms with van der Waals surface area (Å²) in [5, 5.41) is 0. The summed E-state index contributed by atoms with van der Waals surface area (Å²) in [5.74, 6) is 0.0825. The Balaban J connectivity index is 1.99. The topological polar surface area (TPSA) is 33.2 Å². The van der Waals surface area contributed by atoms with Crippen LogP contribution in [0.1, 0.15) is 41.4 Å². The quantitative estimate of drug-likeness (QED) is 0.592. The number of hydrogen-bond acceptors (Lipinski definition) is 2. The predicted molar refractivity (Wildman–Crippen MR) is 94.0 cm³/mol. The maximum atomic E-state index is 13.4. The summed E-state index contributed by atoms with van der Waals surface area (Å²) in [4.78, 5) is 18.3. The van der Waals surface area contributed by atoms with Crippen LogP contribution in [0.15, 0.2) is 36.4 Å². The second kappa shape index (κ2) is 7.68. The molecule has 0 aliphatic carbocycles. The van der Waals surface area contributed by atoms with Gasteiger partial charge in [0.25, 0.3) is 5.91 Å². The summed E-state index contributed by atoms with van der Waals surface area (Å²) in [7, 11) is 0. The van der Waals surface area contributed by atoms with Crippen LogP contribution in [0.25, 0.3) is 11.3 Å². The Morgan fingerprint density at radius 3 is 2.24 bits per heavy atom. The van der Waals surface area contributed by atoms with E-state index < -0.39 is 35.0 Å². The predicted octanol–water partition coefficient (Wildman–Crippen LogP) is 5.66. The molecule has 2 heterocycles. The Morgan fingerprint density at radius 2 is 1.66 bits per heavy atom. The lowest BCUT2D eigenvalue weighted by atomic mass is 9.98. The number of alkyl halides is 6. The van der Waals surface area contributed by atoms with Gasteiger partial charge in [-0.3, -0.25) is 4.79 Å². The van der Waals surface area contributed by atoms with Crippen LogP contribution in [0.3, 0.4) is 0 Å². The molecule has 3 nitrogen and oxygen atoms in total. The molecular weight excluding hydrogens is 398 g/mol. The van der Waals surface area contributed by atoms with E-state index in [1.165, 1.54) is 18.2 Å². The van der Waals surface area contributed by atoms with E-state index in [0.717, 1.165) is 18.9 Å². The zero-order valence-electron chi connectivity index (χ0n) is 15.4. The van der Waals surface area contributed by atoms with Crippen LogP contribution in [0.5, 0.6) is 0 Å². The molecule has 2 aromatic rings. The van der Waals surface area contributed by atoms with Crippen molar-refractivity contribution in [2.24, 2.45) is 5.92 Å². The molecule has 1 saturated heterocycles. The van der Waals surface area contributed by atoms with E-state index in [0.29, 0.717) is 25.1 Å². The number of carbonyl (C=O) groups excluding carboxylic acids is 1. The zero-order chi connectivity index (χ0) is 21.4. The molecule has 1 aromatic carbocycles. The molecule has 0 N–H and O–H groups in total. The molecule has 1 aliphatic rings. The lowest BCUT2D eigenvalue weighted by molar-refractivity contribution is -0.142. The molecule has 1 aliphatic heterocycles. The van der Waals surface area contributed by atoms with Crippen LogP contribution >= 0.6 is 0 Å². The highest BCUT2D eigenvalue weighted by atomic mass is 19.4. The van der Waals surface area contributed by atoms with Crippen LogP contribution in [-0.4, -0.2) is 28.9 Å². The normalized spacial score (nSPS) is 16.2. The summed E-state index contributed by atoms with van der Waals surface area (Å²) < 4.78 is 78.8. The molecule has 0 bridgehead atoms. The van der Waals surface area contributed by atoms with Crippen molar-refractivity contribution in [2.45, 2.75) is 32.1 Å². The summed E-state index contributed by atoms with van der Waals surface area (Å²) in [6.45, 7) is 3.13. The lowest BCUT2D eigenvalue weighted by Crippen LogP contribution is -2.38. The van der Waals surface area contributed by atoms with E-state index in [4.69, 9.17) is 0 Å². The average Bonchev–Trinajstić information content (AvgIpc) is 2.66. The van der Waals surface area contributed by atoms with Crippen molar-refractivity contribution >= 4 is 5.91 Å². The second-order valence-electron chi connectivity index (χ2n) is 7.14. The number of likely N-dealkylation sites (tertiary alicyclic amines) is 1. The monoisotopic (exact) mass is 416 g/mol.